The SMILES string of the molecule is NCCc1ccc(CCN)c(C(F)(F)F)c1. The third-order valence-electron chi connectivity index (χ3n) is 2.33. The first kappa shape index (κ1) is 13.0. The maximum Gasteiger partial charge on any atom is 0.416 e. The van der Waals surface area contributed by atoms with Crippen molar-refractivity contribution >= 4 is 0 Å². The largest absolute Gasteiger partial charge is 0.416 e. The summed E-state index contributed by atoms with van der Waals surface area (Å²) in [4.78, 5) is 0. The molecule has 0 aliphatic heterocycles. The summed E-state index contributed by atoms with van der Waals surface area (Å²) in [5, 5.41) is 0. The normalized spacial score (nSPS) is 11.8. The maximum absolute atomic E-state index is 12.7. The highest BCUT2D eigenvalue weighted by molar-refractivity contribution is 5.34. The van der Waals surface area contributed by atoms with Crippen molar-refractivity contribution in [3.63, 3.8) is 0 Å². The summed E-state index contributed by atoms with van der Waals surface area (Å²) < 4.78 is 38.2. The van der Waals surface area contributed by atoms with E-state index < -0.39 is 11.7 Å². The Labute approximate surface area is 92.4 Å². The molecule has 0 aliphatic carbocycles. The van der Waals surface area contributed by atoms with E-state index >= 15 is 0 Å². The molecule has 0 fully saturated rings. The van der Waals surface area contributed by atoms with Gasteiger partial charge >= 0.3 is 6.18 Å². The van der Waals surface area contributed by atoms with Gasteiger partial charge in [0.1, 0.15) is 0 Å². The van der Waals surface area contributed by atoms with E-state index in [9.17, 15) is 13.2 Å². The van der Waals surface area contributed by atoms with Crippen LogP contribution >= 0.6 is 0 Å². The zero-order valence-electron chi connectivity index (χ0n) is 8.85. The van der Waals surface area contributed by atoms with Crippen LogP contribution in [0.1, 0.15) is 16.7 Å². The fraction of sp³-hybridized carbons (Fsp3) is 0.455. The molecule has 0 saturated carbocycles. The molecule has 0 unspecified atom stereocenters. The minimum absolute atomic E-state index is 0.208. The van der Waals surface area contributed by atoms with Gasteiger partial charge in [0.15, 0.2) is 0 Å². The fourth-order valence-electron chi connectivity index (χ4n) is 1.58. The van der Waals surface area contributed by atoms with E-state index in [-0.39, 0.29) is 18.5 Å². The summed E-state index contributed by atoms with van der Waals surface area (Å²) >= 11 is 0. The fourth-order valence-corrected chi connectivity index (χ4v) is 1.58. The molecular weight excluding hydrogens is 217 g/mol. The molecular formula is C11H15F3N2. The van der Waals surface area contributed by atoms with Gasteiger partial charge < -0.3 is 11.5 Å². The highest BCUT2D eigenvalue weighted by Gasteiger charge is 2.33. The van der Waals surface area contributed by atoms with E-state index in [1.807, 2.05) is 0 Å². The Hall–Kier alpha value is -1.07. The molecule has 1 aromatic rings. The van der Waals surface area contributed by atoms with Gasteiger partial charge in [0.25, 0.3) is 0 Å². The molecule has 1 aromatic carbocycles. The third kappa shape index (κ3) is 3.21. The van der Waals surface area contributed by atoms with E-state index in [0.717, 1.165) is 6.07 Å². The molecule has 0 heterocycles. The van der Waals surface area contributed by atoms with Crippen LogP contribution in [0.5, 0.6) is 0 Å². The first-order chi connectivity index (χ1) is 7.49. The molecule has 0 atom stereocenters. The lowest BCUT2D eigenvalue weighted by Gasteiger charge is -2.13. The summed E-state index contributed by atoms with van der Waals surface area (Å²) in [6, 6.07) is 4.33. The third-order valence-corrected chi connectivity index (χ3v) is 2.33. The predicted molar refractivity (Wildman–Crippen MR) is 57.0 cm³/mol. The van der Waals surface area contributed by atoms with E-state index in [0.29, 0.717) is 18.5 Å². The van der Waals surface area contributed by atoms with Crippen LogP contribution in [0.15, 0.2) is 18.2 Å². The molecule has 2 nitrogen and oxygen atoms in total. The highest BCUT2D eigenvalue weighted by Crippen LogP contribution is 2.32. The summed E-state index contributed by atoms with van der Waals surface area (Å²) in [6.45, 7) is 0.548. The lowest BCUT2D eigenvalue weighted by molar-refractivity contribution is -0.138. The van der Waals surface area contributed by atoms with Gasteiger partial charge in [0.05, 0.1) is 5.56 Å². The number of alkyl halides is 3. The van der Waals surface area contributed by atoms with Crippen LogP contribution in [0.25, 0.3) is 0 Å². The van der Waals surface area contributed by atoms with E-state index in [1.54, 1.807) is 6.07 Å². The molecule has 0 radical (unpaired) electrons. The summed E-state index contributed by atoms with van der Waals surface area (Å²) in [5.41, 5.74) is 10.9. The van der Waals surface area contributed by atoms with Gasteiger partial charge in [-0.05, 0) is 43.1 Å². The molecule has 4 N–H and O–H groups in total. The minimum atomic E-state index is -4.32. The van der Waals surface area contributed by atoms with Crippen molar-refractivity contribution in [2.75, 3.05) is 13.1 Å². The summed E-state index contributed by atoms with van der Waals surface area (Å²) in [6.07, 6.45) is -3.64. The molecule has 0 aliphatic rings. The first-order valence-corrected chi connectivity index (χ1v) is 5.08. The van der Waals surface area contributed by atoms with Crippen molar-refractivity contribution in [3.05, 3.63) is 34.9 Å². The van der Waals surface area contributed by atoms with Crippen LogP contribution < -0.4 is 11.5 Å². The van der Waals surface area contributed by atoms with Crippen LogP contribution in [-0.4, -0.2) is 13.1 Å². The smallest absolute Gasteiger partial charge is 0.330 e. The van der Waals surface area contributed by atoms with Gasteiger partial charge in [0.2, 0.25) is 0 Å². The molecule has 1 rings (SSSR count). The molecule has 0 aromatic heterocycles. The maximum atomic E-state index is 12.7. The Morgan fingerprint density at radius 3 is 2.12 bits per heavy atom. The molecule has 0 bridgehead atoms. The van der Waals surface area contributed by atoms with Gasteiger partial charge in [-0.2, -0.15) is 13.2 Å². The van der Waals surface area contributed by atoms with Crippen LogP contribution in [-0.2, 0) is 19.0 Å². The number of rotatable bonds is 4. The Morgan fingerprint density at radius 1 is 1.00 bits per heavy atom. The number of hydrogen-bond acceptors (Lipinski definition) is 2. The van der Waals surface area contributed by atoms with Gasteiger partial charge in [0, 0.05) is 0 Å². The minimum Gasteiger partial charge on any atom is -0.330 e. The number of halogens is 3. The second kappa shape index (κ2) is 5.32. The van der Waals surface area contributed by atoms with Crippen LogP contribution in [0.4, 0.5) is 13.2 Å². The van der Waals surface area contributed by atoms with Crippen molar-refractivity contribution in [1.29, 1.82) is 0 Å². The Bertz CT molecular complexity index is 348. The second-order valence-electron chi connectivity index (χ2n) is 3.57. The summed E-state index contributed by atoms with van der Waals surface area (Å²) in [5.74, 6) is 0. The lowest BCUT2D eigenvalue weighted by Crippen LogP contribution is -2.14. The standard InChI is InChI=1S/C11H15F3N2/c12-11(13,14)10-7-8(3-5-15)1-2-9(10)4-6-16/h1-2,7H,3-6,15-16H2. The van der Waals surface area contributed by atoms with Gasteiger partial charge in [-0.15, -0.1) is 0 Å². The number of nitrogens with two attached hydrogens (primary N) is 2. The van der Waals surface area contributed by atoms with Gasteiger partial charge in [-0.3, -0.25) is 0 Å². The highest BCUT2D eigenvalue weighted by atomic mass is 19.4. The van der Waals surface area contributed by atoms with E-state index in [4.69, 9.17) is 11.5 Å². The Kier molecular flexibility index (Phi) is 4.32. The number of benzene rings is 1. The number of hydrogen-bond donors (Lipinski definition) is 2. The Balaban J connectivity index is 3.11. The molecule has 0 spiro atoms. The zero-order chi connectivity index (χ0) is 12.2. The molecule has 16 heavy (non-hydrogen) atoms. The Morgan fingerprint density at radius 2 is 1.62 bits per heavy atom. The van der Waals surface area contributed by atoms with Crippen molar-refractivity contribution < 1.29 is 13.2 Å². The second-order valence-corrected chi connectivity index (χ2v) is 3.57. The lowest BCUT2D eigenvalue weighted by atomic mass is 9.99. The van der Waals surface area contributed by atoms with E-state index in [1.165, 1.54) is 6.07 Å². The summed E-state index contributed by atoms with van der Waals surface area (Å²) in [7, 11) is 0. The first-order valence-electron chi connectivity index (χ1n) is 5.08. The van der Waals surface area contributed by atoms with Crippen molar-refractivity contribution in [2.24, 2.45) is 11.5 Å². The van der Waals surface area contributed by atoms with Gasteiger partial charge in [-0.25, -0.2) is 0 Å². The topological polar surface area (TPSA) is 52.0 Å². The quantitative estimate of drug-likeness (QED) is 0.830. The average Bonchev–Trinajstić information content (AvgIpc) is 2.19. The zero-order valence-corrected chi connectivity index (χ0v) is 8.85. The van der Waals surface area contributed by atoms with Gasteiger partial charge in [-0.1, -0.05) is 12.1 Å². The van der Waals surface area contributed by atoms with Crippen molar-refractivity contribution in [2.45, 2.75) is 19.0 Å². The molecule has 5 heteroatoms. The monoisotopic (exact) mass is 232 g/mol. The average molecular weight is 232 g/mol. The van der Waals surface area contributed by atoms with Crippen LogP contribution in [0.3, 0.4) is 0 Å². The van der Waals surface area contributed by atoms with E-state index in [2.05, 4.69) is 0 Å². The van der Waals surface area contributed by atoms with Crippen LogP contribution in [0.2, 0.25) is 0 Å². The molecule has 0 saturated heterocycles. The predicted octanol–water partition coefficient (Wildman–Crippen LogP) is 1.71. The van der Waals surface area contributed by atoms with Crippen LogP contribution in [0, 0.1) is 0 Å². The molecule has 0 amide bonds. The van der Waals surface area contributed by atoms with Crippen molar-refractivity contribution in [1.82, 2.24) is 0 Å². The van der Waals surface area contributed by atoms with Crippen molar-refractivity contribution in [3.8, 4) is 0 Å². The molecule has 90 valence electrons.